The lowest BCUT2D eigenvalue weighted by atomic mass is 10.1. The molecule has 0 unspecified atom stereocenters. The topological polar surface area (TPSA) is 125 Å². The monoisotopic (exact) mass is 406 g/mol. The molecule has 0 saturated heterocycles. The van der Waals surface area contributed by atoms with Crippen molar-refractivity contribution >= 4 is 27.6 Å². The van der Waals surface area contributed by atoms with Crippen LogP contribution in [-0.2, 0) is 30.8 Å². The number of amides is 1. The highest BCUT2D eigenvalue weighted by molar-refractivity contribution is 7.89. The van der Waals surface area contributed by atoms with Crippen LogP contribution in [0, 0.1) is 0 Å². The van der Waals surface area contributed by atoms with Gasteiger partial charge < -0.3 is 14.8 Å². The van der Waals surface area contributed by atoms with E-state index in [2.05, 4.69) is 5.32 Å². The first-order valence-corrected chi connectivity index (χ1v) is 10.0. The second kappa shape index (κ2) is 9.34. The van der Waals surface area contributed by atoms with Crippen molar-refractivity contribution < 1.29 is 27.5 Å². The number of methoxy groups -OCH3 is 1. The van der Waals surface area contributed by atoms with Crippen LogP contribution in [0.2, 0.25) is 0 Å². The lowest BCUT2D eigenvalue weighted by Gasteiger charge is -2.14. The van der Waals surface area contributed by atoms with Crippen molar-refractivity contribution in [1.82, 2.24) is 0 Å². The fourth-order valence-corrected chi connectivity index (χ4v) is 3.01. The molecular weight excluding hydrogens is 384 g/mol. The van der Waals surface area contributed by atoms with Crippen molar-refractivity contribution in [2.75, 3.05) is 12.4 Å². The SMILES string of the molecule is COc1ccccc1CCC(=O)O[C@@H](C)C(=O)Nc1cccc(S(N)(=O)=O)c1. The minimum absolute atomic E-state index is 0.0822. The van der Waals surface area contributed by atoms with E-state index in [0.717, 1.165) is 5.56 Å². The van der Waals surface area contributed by atoms with Gasteiger partial charge in [-0.1, -0.05) is 24.3 Å². The van der Waals surface area contributed by atoms with Crippen LogP contribution >= 0.6 is 0 Å². The van der Waals surface area contributed by atoms with Crippen molar-refractivity contribution in [3.05, 3.63) is 54.1 Å². The van der Waals surface area contributed by atoms with Crippen molar-refractivity contribution in [2.24, 2.45) is 5.14 Å². The zero-order valence-electron chi connectivity index (χ0n) is 15.5. The fourth-order valence-electron chi connectivity index (χ4n) is 2.45. The van der Waals surface area contributed by atoms with Gasteiger partial charge in [-0.15, -0.1) is 0 Å². The largest absolute Gasteiger partial charge is 0.496 e. The van der Waals surface area contributed by atoms with Crippen LogP contribution in [0.5, 0.6) is 5.75 Å². The number of ether oxygens (including phenoxy) is 2. The van der Waals surface area contributed by atoms with E-state index in [9.17, 15) is 18.0 Å². The third kappa shape index (κ3) is 6.07. The number of carbonyl (C=O) groups excluding carboxylic acids is 2. The van der Waals surface area contributed by atoms with E-state index < -0.39 is 28.0 Å². The van der Waals surface area contributed by atoms with Gasteiger partial charge in [0.2, 0.25) is 10.0 Å². The van der Waals surface area contributed by atoms with Crippen LogP contribution in [0.4, 0.5) is 5.69 Å². The average molecular weight is 406 g/mol. The number of anilines is 1. The first-order chi connectivity index (χ1) is 13.2. The Balaban J connectivity index is 1.90. The van der Waals surface area contributed by atoms with Gasteiger partial charge in [0.05, 0.1) is 12.0 Å². The number of nitrogens with two attached hydrogens (primary N) is 1. The van der Waals surface area contributed by atoms with E-state index in [0.29, 0.717) is 12.2 Å². The van der Waals surface area contributed by atoms with Crippen LogP contribution in [0.15, 0.2) is 53.4 Å². The maximum absolute atomic E-state index is 12.2. The highest BCUT2D eigenvalue weighted by Crippen LogP contribution is 2.19. The molecule has 2 aromatic carbocycles. The number of nitrogens with one attached hydrogen (secondary N) is 1. The fraction of sp³-hybridized carbons (Fsp3) is 0.263. The van der Waals surface area contributed by atoms with E-state index in [4.69, 9.17) is 14.6 Å². The minimum atomic E-state index is -3.89. The summed E-state index contributed by atoms with van der Waals surface area (Å²) >= 11 is 0. The van der Waals surface area contributed by atoms with Gasteiger partial charge in [0.15, 0.2) is 6.10 Å². The molecule has 0 aliphatic heterocycles. The van der Waals surface area contributed by atoms with Crippen molar-refractivity contribution in [2.45, 2.75) is 30.8 Å². The normalized spacial score (nSPS) is 12.1. The van der Waals surface area contributed by atoms with Gasteiger partial charge in [0, 0.05) is 12.1 Å². The summed E-state index contributed by atoms with van der Waals surface area (Å²) in [6, 6.07) is 12.8. The number of benzene rings is 2. The maximum atomic E-state index is 12.2. The Bertz CT molecular complexity index is 958. The first-order valence-electron chi connectivity index (χ1n) is 8.46. The molecule has 3 N–H and O–H groups in total. The summed E-state index contributed by atoms with van der Waals surface area (Å²) in [6.45, 7) is 1.43. The number of hydrogen-bond donors (Lipinski definition) is 2. The lowest BCUT2D eigenvalue weighted by molar-refractivity contribution is -0.153. The molecule has 2 aromatic rings. The van der Waals surface area contributed by atoms with E-state index in [1.165, 1.54) is 31.2 Å². The second-order valence-corrected chi connectivity index (χ2v) is 7.57. The van der Waals surface area contributed by atoms with Crippen LogP contribution in [-0.4, -0.2) is 33.5 Å². The number of esters is 1. The molecule has 150 valence electrons. The number of primary sulfonamides is 1. The Morgan fingerprint density at radius 3 is 2.54 bits per heavy atom. The molecule has 0 bridgehead atoms. The number of sulfonamides is 1. The van der Waals surface area contributed by atoms with Crippen molar-refractivity contribution in [1.29, 1.82) is 0 Å². The second-order valence-electron chi connectivity index (χ2n) is 6.01. The Morgan fingerprint density at radius 2 is 1.86 bits per heavy atom. The van der Waals surface area contributed by atoms with Gasteiger partial charge in [0.25, 0.3) is 5.91 Å². The molecule has 0 fully saturated rings. The number of rotatable bonds is 8. The molecular formula is C19H22N2O6S. The molecule has 9 heteroatoms. The minimum Gasteiger partial charge on any atom is -0.496 e. The Morgan fingerprint density at radius 1 is 1.14 bits per heavy atom. The Labute approximate surface area is 163 Å². The molecule has 1 atom stereocenters. The van der Waals surface area contributed by atoms with E-state index in [-0.39, 0.29) is 17.0 Å². The third-order valence-electron chi connectivity index (χ3n) is 3.90. The molecule has 2 rings (SSSR count). The predicted molar refractivity (Wildman–Crippen MR) is 103 cm³/mol. The molecule has 0 saturated carbocycles. The highest BCUT2D eigenvalue weighted by atomic mass is 32.2. The number of aryl methyl sites for hydroxylation is 1. The summed E-state index contributed by atoms with van der Waals surface area (Å²) in [6.07, 6.45) is -0.560. The number of para-hydroxylation sites is 1. The molecule has 0 radical (unpaired) electrons. The van der Waals surface area contributed by atoms with Crippen LogP contribution in [0.1, 0.15) is 18.9 Å². The van der Waals surface area contributed by atoms with E-state index in [1.54, 1.807) is 13.2 Å². The molecule has 0 aliphatic carbocycles. The van der Waals surface area contributed by atoms with E-state index >= 15 is 0 Å². The zero-order chi connectivity index (χ0) is 20.7. The molecule has 0 aliphatic rings. The molecule has 0 spiro atoms. The summed E-state index contributed by atoms with van der Waals surface area (Å²) in [7, 11) is -2.34. The molecule has 0 aromatic heterocycles. The van der Waals surface area contributed by atoms with Crippen molar-refractivity contribution in [3.63, 3.8) is 0 Å². The summed E-state index contributed by atoms with van der Waals surface area (Å²) in [4.78, 5) is 24.1. The number of carbonyl (C=O) groups is 2. The molecule has 8 nitrogen and oxygen atoms in total. The smallest absolute Gasteiger partial charge is 0.306 e. The van der Waals surface area contributed by atoms with Crippen molar-refractivity contribution in [3.8, 4) is 5.75 Å². The zero-order valence-corrected chi connectivity index (χ0v) is 16.4. The quantitative estimate of drug-likeness (QED) is 0.645. The van der Waals surface area contributed by atoms with Gasteiger partial charge in [-0.05, 0) is 43.2 Å². The van der Waals surface area contributed by atoms with Crippen LogP contribution in [0.3, 0.4) is 0 Å². The average Bonchev–Trinajstić information content (AvgIpc) is 2.66. The predicted octanol–water partition coefficient (Wildman–Crippen LogP) is 1.85. The van der Waals surface area contributed by atoms with Crippen LogP contribution in [0.25, 0.3) is 0 Å². The summed E-state index contributed by atoms with van der Waals surface area (Å²) in [5, 5.41) is 7.56. The number of hydrogen-bond acceptors (Lipinski definition) is 6. The van der Waals surface area contributed by atoms with Crippen LogP contribution < -0.4 is 15.2 Å². The van der Waals surface area contributed by atoms with Gasteiger partial charge in [-0.25, -0.2) is 13.6 Å². The van der Waals surface area contributed by atoms with Gasteiger partial charge >= 0.3 is 5.97 Å². The molecule has 28 heavy (non-hydrogen) atoms. The Kier molecular flexibility index (Phi) is 7.13. The third-order valence-corrected chi connectivity index (χ3v) is 4.81. The Hall–Kier alpha value is -2.91. The lowest BCUT2D eigenvalue weighted by Crippen LogP contribution is -2.30. The summed E-state index contributed by atoms with van der Waals surface area (Å²) in [5.74, 6) is -0.445. The summed E-state index contributed by atoms with van der Waals surface area (Å²) in [5.41, 5.74) is 1.09. The van der Waals surface area contributed by atoms with Gasteiger partial charge in [0.1, 0.15) is 5.75 Å². The maximum Gasteiger partial charge on any atom is 0.306 e. The molecule has 0 heterocycles. The first kappa shape index (κ1) is 21.4. The van der Waals surface area contributed by atoms with Gasteiger partial charge in [-0.3, -0.25) is 9.59 Å². The standard InChI is InChI=1S/C19H22N2O6S/c1-13(19(23)21-15-7-5-8-16(12-15)28(20,24)25)27-18(22)11-10-14-6-3-4-9-17(14)26-2/h3-9,12-13H,10-11H2,1-2H3,(H,21,23)(H2,20,24,25)/t13-/m0/s1. The van der Waals surface area contributed by atoms with Gasteiger partial charge in [-0.2, -0.15) is 0 Å². The molecule has 1 amide bonds. The summed E-state index contributed by atoms with van der Waals surface area (Å²) < 4.78 is 33.1. The highest BCUT2D eigenvalue weighted by Gasteiger charge is 2.19. The van der Waals surface area contributed by atoms with E-state index in [1.807, 2.05) is 18.2 Å².